The zero-order chi connectivity index (χ0) is 44.3. The summed E-state index contributed by atoms with van der Waals surface area (Å²) in [6, 6.07) is 42.3. The Hall–Kier alpha value is -7.02. The van der Waals surface area contributed by atoms with E-state index in [1.807, 2.05) is 60.7 Å². The zero-order valence-corrected chi connectivity index (χ0v) is 37.1. The highest BCUT2D eigenvalue weighted by atomic mass is 31.3. The number of nitrogens with zero attached hydrogens (tertiary/aromatic N) is 3. The molecule has 0 aromatic heterocycles. The second-order valence-corrected chi connectivity index (χ2v) is 19.6. The SMILES string of the molecule is C=Cc1ccc(OP2(Oc3ccc(C=C)cc3)=NP(Oc3ccc(C=C)cc3)(Oc3ccc(C=C)cc3)=NP(Oc3ccc(C=C)cc3)(Oc3ccc(C(=O)OCC)cc3)=N2)cc1. The fourth-order valence-electron chi connectivity index (χ4n) is 5.77. The molecule has 14 heteroatoms. The molecule has 0 N–H and O–H groups in total. The average Bonchev–Trinajstić information content (AvgIpc) is 3.30. The molecule has 7 rings (SSSR count). The minimum atomic E-state index is -4.21. The standard InChI is InChI=1S/C49H44N3O8P3/c1-7-37-13-25-43(26-14-37)55-61(56-44-27-15-38(8-2)16-28-44)50-62(57-45-29-17-39(9-3)18-30-45,58-46-31-19-40(10-4)20-32-46)52-63(51-61,59-47-33-21-41(11-5)22-34-47)60-48-35-23-42(24-36-48)49(53)54-12-6/h7-11,13-36H,1-5,12H2,6H3. The molecule has 11 nitrogen and oxygen atoms in total. The summed E-state index contributed by atoms with van der Waals surface area (Å²) in [6.07, 6.45) is 8.59. The van der Waals surface area contributed by atoms with Crippen molar-refractivity contribution in [3.8, 4) is 34.5 Å². The fraction of sp³-hybridized carbons (Fsp3) is 0.0408. The van der Waals surface area contributed by atoms with Crippen molar-refractivity contribution in [2.75, 3.05) is 6.61 Å². The third-order valence-corrected chi connectivity index (χ3v) is 17.1. The lowest BCUT2D eigenvalue weighted by Crippen LogP contribution is -2.11. The summed E-state index contributed by atoms with van der Waals surface area (Å²) in [5.74, 6) is 1.47. The topological polar surface area (TPSA) is 119 Å². The van der Waals surface area contributed by atoms with E-state index in [2.05, 4.69) is 32.9 Å². The van der Waals surface area contributed by atoms with Gasteiger partial charge in [0.25, 0.3) is 0 Å². The Labute approximate surface area is 368 Å². The quantitative estimate of drug-likeness (QED) is 0.0582. The molecule has 6 aromatic carbocycles. The van der Waals surface area contributed by atoms with Crippen LogP contribution in [0.1, 0.15) is 45.1 Å². The fourth-order valence-corrected chi connectivity index (χ4v) is 14.8. The van der Waals surface area contributed by atoms with E-state index in [0.717, 1.165) is 27.8 Å². The first-order chi connectivity index (χ1) is 30.6. The van der Waals surface area contributed by atoms with Gasteiger partial charge in [-0.1, -0.05) is 137 Å². The van der Waals surface area contributed by atoms with Crippen molar-refractivity contribution in [1.29, 1.82) is 0 Å². The first-order valence-electron chi connectivity index (χ1n) is 19.6. The molecule has 0 amide bonds. The smallest absolute Gasteiger partial charge is 0.460 e. The maximum atomic E-state index is 12.7. The number of hydrogen-bond donors (Lipinski definition) is 0. The largest absolute Gasteiger partial charge is 0.462 e. The third-order valence-electron chi connectivity index (χ3n) is 8.97. The van der Waals surface area contributed by atoms with E-state index in [9.17, 15) is 4.79 Å². The van der Waals surface area contributed by atoms with Crippen molar-refractivity contribution < 1.29 is 36.7 Å². The van der Waals surface area contributed by atoms with Gasteiger partial charge in [0.05, 0.1) is 12.2 Å². The van der Waals surface area contributed by atoms with Crippen molar-refractivity contribution in [3.63, 3.8) is 0 Å². The van der Waals surface area contributed by atoms with E-state index in [1.54, 1.807) is 122 Å². The molecule has 318 valence electrons. The predicted octanol–water partition coefficient (Wildman–Crippen LogP) is 15.7. The maximum Gasteiger partial charge on any atom is 0.460 e. The summed E-state index contributed by atoms with van der Waals surface area (Å²) >= 11 is 0. The highest BCUT2D eigenvalue weighted by Gasteiger charge is 2.49. The van der Waals surface area contributed by atoms with E-state index in [0.29, 0.717) is 34.3 Å². The van der Waals surface area contributed by atoms with Gasteiger partial charge in [-0.15, -0.1) is 0 Å². The van der Waals surface area contributed by atoms with Crippen LogP contribution in [0.2, 0.25) is 0 Å². The zero-order valence-electron chi connectivity index (χ0n) is 34.4. The lowest BCUT2D eigenvalue weighted by Gasteiger charge is -2.33. The van der Waals surface area contributed by atoms with Crippen molar-refractivity contribution in [1.82, 2.24) is 0 Å². The van der Waals surface area contributed by atoms with Crippen molar-refractivity contribution >= 4 is 59.3 Å². The number of rotatable bonds is 19. The molecule has 0 spiro atoms. The number of carbonyl (C=O) groups excluding carboxylic acids is 1. The molecule has 1 unspecified atom stereocenters. The Bertz CT molecular complexity index is 2580. The molecule has 6 aromatic rings. The normalized spacial score (nSPS) is 15.6. The molecule has 0 aliphatic carbocycles. The summed E-state index contributed by atoms with van der Waals surface area (Å²) < 4.78 is 62.6. The summed E-state index contributed by atoms with van der Waals surface area (Å²) in [5.41, 5.74) is 4.56. The van der Waals surface area contributed by atoms with Gasteiger partial charge in [-0.25, -0.2) is 4.79 Å². The van der Waals surface area contributed by atoms with Gasteiger partial charge in [-0.2, -0.15) is 0 Å². The van der Waals surface area contributed by atoms with Gasteiger partial charge >= 0.3 is 28.9 Å². The average molecular weight is 896 g/mol. The van der Waals surface area contributed by atoms with E-state index in [1.165, 1.54) is 0 Å². The molecule has 0 radical (unpaired) electrons. The monoisotopic (exact) mass is 895 g/mol. The minimum absolute atomic E-state index is 0.211. The summed E-state index contributed by atoms with van der Waals surface area (Å²) in [6.45, 7) is 21.4. The molecular formula is C49H44N3O8P3. The van der Waals surface area contributed by atoms with Crippen LogP contribution >= 0.6 is 23.0 Å². The lowest BCUT2D eigenvalue weighted by atomic mass is 10.2. The number of hydrogen-bond acceptors (Lipinski definition) is 11. The second-order valence-electron chi connectivity index (χ2n) is 13.4. The molecule has 0 bridgehead atoms. The van der Waals surface area contributed by atoms with Crippen LogP contribution < -0.4 is 27.1 Å². The predicted molar refractivity (Wildman–Crippen MR) is 257 cm³/mol. The van der Waals surface area contributed by atoms with Gasteiger partial charge in [0.1, 0.15) is 34.5 Å². The van der Waals surface area contributed by atoms with Gasteiger partial charge < -0.3 is 31.9 Å². The summed E-state index contributed by atoms with van der Waals surface area (Å²) in [7, 11) is -12.6. The lowest BCUT2D eigenvalue weighted by molar-refractivity contribution is 0.0526. The van der Waals surface area contributed by atoms with Crippen LogP contribution in [0, 0.1) is 0 Å². The van der Waals surface area contributed by atoms with E-state index < -0.39 is 28.9 Å². The number of benzene rings is 6. The van der Waals surface area contributed by atoms with Crippen molar-refractivity contribution in [3.05, 3.63) is 212 Å². The van der Waals surface area contributed by atoms with Crippen LogP contribution in [0.5, 0.6) is 34.5 Å². The molecule has 63 heavy (non-hydrogen) atoms. The Kier molecular flexibility index (Phi) is 13.8. The van der Waals surface area contributed by atoms with Gasteiger partial charge in [0, 0.05) is 0 Å². The number of esters is 1. The van der Waals surface area contributed by atoms with Gasteiger partial charge in [0.2, 0.25) is 0 Å². The summed E-state index contributed by atoms with van der Waals surface area (Å²) in [5, 5.41) is 0. The Morgan fingerprint density at radius 2 is 0.603 bits per heavy atom. The van der Waals surface area contributed by atoms with Crippen LogP contribution in [-0.2, 0) is 4.74 Å². The van der Waals surface area contributed by atoms with Crippen LogP contribution in [0.15, 0.2) is 192 Å². The van der Waals surface area contributed by atoms with E-state index in [4.69, 9.17) is 45.4 Å². The third kappa shape index (κ3) is 11.1. The second kappa shape index (κ2) is 19.8. The molecule has 1 atom stereocenters. The number of ether oxygens (including phenoxy) is 1. The number of carbonyl (C=O) groups is 1. The molecule has 1 aliphatic rings. The molecule has 1 heterocycles. The maximum absolute atomic E-state index is 12.7. The molecule has 0 fully saturated rings. The minimum Gasteiger partial charge on any atom is -0.462 e. The first kappa shape index (κ1) is 44.0. The molecular weight excluding hydrogens is 851 g/mol. The first-order valence-corrected chi connectivity index (χ1v) is 24.2. The van der Waals surface area contributed by atoms with Crippen LogP contribution in [0.25, 0.3) is 30.4 Å². The summed E-state index contributed by atoms with van der Waals surface area (Å²) in [4.78, 5) is 12.7. The molecule has 1 aliphatic heterocycles. The molecule has 0 saturated heterocycles. The Morgan fingerprint density at radius 3 is 0.794 bits per heavy atom. The highest BCUT2D eigenvalue weighted by molar-refractivity contribution is 7.79. The molecule has 0 saturated carbocycles. The van der Waals surface area contributed by atoms with Gasteiger partial charge in [0.15, 0.2) is 0 Å². The van der Waals surface area contributed by atoms with Gasteiger partial charge in [-0.05, 0) is 120 Å². The van der Waals surface area contributed by atoms with Crippen LogP contribution in [-0.4, -0.2) is 12.6 Å². The van der Waals surface area contributed by atoms with E-state index >= 15 is 0 Å². The van der Waals surface area contributed by atoms with Crippen LogP contribution in [0.3, 0.4) is 0 Å². The van der Waals surface area contributed by atoms with Gasteiger partial charge in [-0.3, -0.25) is 0 Å². The Balaban J connectivity index is 1.56. The van der Waals surface area contributed by atoms with Crippen LogP contribution in [0.4, 0.5) is 0 Å². The van der Waals surface area contributed by atoms with E-state index in [-0.39, 0.29) is 12.4 Å². The highest BCUT2D eigenvalue weighted by Crippen LogP contribution is 2.78. The Morgan fingerprint density at radius 1 is 0.397 bits per heavy atom. The van der Waals surface area contributed by atoms with Crippen molar-refractivity contribution in [2.24, 2.45) is 13.5 Å². The van der Waals surface area contributed by atoms with Crippen molar-refractivity contribution in [2.45, 2.75) is 6.92 Å².